The highest BCUT2D eigenvalue weighted by molar-refractivity contribution is 5.30. The van der Waals surface area contributed by atoms with Crippen molar-refractivity contribution in [2.45, 2.75) is 65.2 Å². The van der Waals surface area contributed by atoms with Crippen LogP contribution in [-0.2, 0) is 5.41 Å². The van der Waals surface area contributed by atoms with E-state index in [1.165, 1.54) is 30.4 Å². The minimum Gasteiger partial charge on any atom is -0.0654 e. The Hall–Kier alpha value is -0.780. The van der Waals surface area contributed by atoms with E-state index in [0.29, 0.717) is 11.3 Å². The molecule has 0 atom stereocenters. The predicted octanol–water partition coefficient (Wildman–Crippen LogP) is 5.28. The van der Waals surface area contributed by atoms with Crippen LogP contribution < -0.4 is 0 Å². The molecule has 0 heterocycles. The summed E-state index contributed by atoms with van der Waals surface area (Å²) in [6, 6.07) is 9.12. The van der Waals surface area contributed by atoms with Gasteiger partial charge in [0.05, 0.1) is 0 Å². The highest BCUT2D eigenvalue weighted by Gasteiger charge is 2.20. The topological polar surface area (TPSA) is 0 Å². The SMILES string of the molecule is CCCCC(C)(C)c1cccc(C(C)C)c1. The first-order valence-corrected chi connectivity index (χ1v) is 6.58. The lowest BCUT2D eigenvalue weighted by atomic mass is 9.79. The summed E-state index contributed by atoms with van der Waals surface area (Å²) in [5.74, 6) is 0.627. The van der Waals surface area contributed by atoms with Gasteiger partial charge in [0, 0.05) is 0 Å². The van der Waals surface area contributed by atoms with E-state index in [4.69, 9.17) is 0 Å². The van der Waals surface area contributed by atoms with Crippen LogP contribution in [0.3, 0.4) is 0 Å². The van der Waals surface area contributed by atoms with Crippen molar-refractivity contribution in [3.63, 3.8) is 0 Å². The van der Waals surface area contributed by atoms with Gasteiger partial charge in [-0.05, 0) is 28.9 Å². The lowest BCUT2D eigenvalue weighted by molar-refractivity contribution is 0.457. The van der Waals surface area contributed by atoms with Crippen LogP contribution in [-0.4, -0.2) is 0 Å². The normalized spacial score (nSPS) is 12.1. The largest absolute Gasteiger partial charge is 0.0654 e. The molecule has 0 fully saturated rings. The highest BCUT2D eigenvalue weighted by atomic mass is 14.2. The fourth-order valence-electron chi connectivity index (χ4n) is 2.08. The lowest BCUT2D eigenvalue weighted by Crippen LogP contribution is -2.17. The van der Waals surface area contributed by atoms with E-state index in [9.17, 15) is 0 Å². The minimum absolute atomic E-state index is 0.320. The first kappa shape index (κ1) is 13.3. The van der Waals surface area contributed by atoms with Crippen molar-refractivity contribution in [2.75, 3.05) is 0 Å². The van der Waals surface area contributed by atoms with Gasteiger partial charge >= 0.3 is 0 Å². The second kappa shape index (κ2) is 5.52. The molecule has 0 radical (unpaired) electrons. The molecule has 0 nitrogen and oxygen atoms in total. The van der Waals surface area contributed by atoms with Crippen molar-refractivity contribution < 1.29 is 0 Å². The summed E-state index contributed by atoms with van der Waals surface area (Å²) in [6.07, 6.45) is 3.89. The van der Waals surface area contributed by atoms with E-state index < -0.39 is 0 Å². The number of rotatable bonds is 5. The maximum atomic E-state index is 2.39. The van der Waals surface area contributed by atoms with Crippen molar-refractivity contribution >= 4 is 0 Å². The van der Waals surface area contributed by atoms with Crippen LogP contribution in [0, 0.1) is 0 Å². The molecule has 0 N–H and O–H groups in total. The molecule has 0 saturated carbocycles. The van der Waals surface area contributed by atoms with Crippen LogP contribution in [0.2, 0.25) is 0 Å². The Morgan fingerprint density at radius 3 is 2.44 bits per heavy atom. The van der Waals surface area contributed by atoms with Crippen LogP contribution in [0.15, 0.2) is 24.3 Å². The zero-order valence-corrected chi connectivity index (χ0v) is 11.5. The molecule has 90 valence electrons. The number of hydrogen-bond donors (Lipinski definition) is 0. The summed E-state index contributed by atoms with van der Waals surface area (Å²) in [5, 5.41) is 0. The molecule has 0 aliphatic carbocycles. The number of benzene rings is 1. The van der Waals surface area contributed by atoms with Crippen LogP contribution >= 0.6 is 0 Å². The minimum atomic E-state index is 0.320. The fraction of sp³-hybridized carbons (Fsp3) is 0.625. The van der Waals surface area contributed by atoms with Gasteiger partial charge < -0.3 is 0 Å². The maximum absolute atomic E-state index is 2.39. The molecule has 0 aliphatic rings. The zero-order valence-electron chi connectivity index (χ0n) is 11.5. The Bertz CT molecular complexity index is 321. The summed E-state index contributed by atoms with van der Waals surface area (Å²) in [5.41, 5.74) is 3.27. The first-order valence-electron chi connectivity index (χ1n) is 6.58. The molecule has 16 heavy (non-hydrogen) atoms. The molecule has 0 saturated heterocycles. The van der Waals surface area contributed by atoms with E-state index >= 15 is 0 Å². The van der Waals surface area contributed by atoms with Crippen molar-refractivity contribution in [1.29, 1.82) is 0 Å². The van der Waals surface area contributed by atoms with Gasteiger partial charge in [0.2, 0.25) is 0 Å². The maximum Gasteiger partial charge on any atom is -0.0103 e. The molecule has 1 rings (SSSR count). The summed E-state index contributed by atoms with van der Waals surface area (Å²) >= 11 is 0. The third kappa shape index (κ3) is 3.37. The van der Waals surface area contributed by atoms with Crippen LogP contribution in [0.4, 0.5) is 0 Å². The van der Waals surface area contributed by atoms with E-state index in [0.717, 1.165) is 0 Å². The van der Waals surface area contributed by atoms with Crippen molar-refractivity contribution in [3.8, 4) is 0 Å². The molecule has 1 aromatic rings. The van der Waals surface area contributed by atoms with Crippen LogP contribution in [0.5, 0.6) is 0 Å². The van der Waals surface area contributed by atoms with Gasteiger partial charge in [-0.25, -0.2) is 0 Å². The predicted molar refractivity (Wildman–Crippen MR) is 73.1 cm³/mol. The van der Waals surface area contributed by atoms with Gasteiger partial charge in [-0.2, -0.15) is 0 Å². The van der Waals surface area contributed by atoms with Crippen molar-refractivity contribution in [2.24, 2.45) is 0 Å². The van der Waals surface area contributed by atoms with Gasteiger partial charge in [0.15, 0.2) is 0 Å². The molecular weight excluding hydrogens is 192 g/mol. The van der Waals surface area contributed by atoms with E-state index in [2.05, 4.69) is 58.9 Å². The Morgan fingerprint density at radius 1 is 1.19 bits per heavy atom. The Kier molecular flexibility index (Phi) is 4.58. The van der Waals surface area contributed by atoms with Gasteiger partial charge in [0.1, 0.15) is 0 Å². The van der Waals surface area contributed by atoms with E-state index in [-0.39, 0.29) is 0 Å². The van der Waals surface area contributed by atoms with E-state index in [1.807, 2.05) is 0 Å². The van der Waals surface area contributed by atoms with E-state index in [1.54, 1.807) is 0 Å². The molecule has 0 aliphatic heterocycles. The second-order valence-electron chi connectivity index (χ2n) is 5.77. The van der Waals surface area contributed by atoms with Gasteiger partial charge in [-0.3, -0.25) is 0 Å². The average Bonchev–Trinajstić information content (AvgIpc) is 2.26. The molecule has 0 aromatic heterocycles. The van der Waals surface area contributed by atoms with Crippen LogP contribution in [0.1, 0.15) is 70.9 Å². The average molecular weight is 218 g/mol. The number of unbranched alkanes of at least 4 members (excludes halogenated alkanes) is 1. The number of hydrogen-bond acceptors (Lipinski definition) is 0. The summed E-state index contributed by atoms with van der Waals surface area (Å²) in [4.78, 5) is 0. The highest BCUT2D eigenvalue weighted by Crippen LogP contribution is 2.30. The summed E-state index contributed by atoms with van der Waals surface area (Å²) < 4.78 is 0. The molecule has 1 aromatic carbocycles. The fourth-order valence-corrected chi connectivity index (χ4v) is 2.08. The first-order chi connectivity index (χ1) is 7.47. The Balaban J connectivity index is 2.89. The third-order valence-corrected chi connectivity index (χ3v) is 3.49. The summed E-state index contributed by atoms with van der Waals surface area (Å²) in [7, 11) is 0. The third-order valence-electron chi connectivity index (χ3n) is 3.49. The Morgan fingerprint density at radius 2 is 1.88 bits per heavy atom. The van der Waals surface area contributed by atoms with Gasteiger partial charge in [0.25, 0.3) is 0 Å². The molecule has 0 unspecified atom stereocenters. The summed E-state index contributed by atoms with van der Waals surface area (Å²) in [6.45, 7) is 11.5. The molecular formula is C16H26. The zero-order chi connectivity index (χ0) is 12.2. The van der Waals surface area contributed by atoms with Crippen LogP contribution in [0.25, 0.3) is 0 Å². The molecule has 0 spiro atoms. The quantitative estimate of drug-likeness (QED) is 0.631. The molecule has 0 bridgehead atoms. The standard InChI is InChI=1S/C16H26/c1-6-7-11-16(4,5)15-10-8-9-14(12-15)13(2)3/h8-10,12-13H,6-7,11H2,1-5H3. The van der Waals surface area contributed by atoms with Crippen molar-refractivity contribution in [1.82, 2.24) is 0 Å². The monoisotopic (exact) mass is 218 g/mol. The smallest absolute Gasteiger partial charge is 0.0103 e. The van der Waals surface area contributed by atoms with Gasteiger partial charge in [-0.1, -0.05) is 71.7 Å². The molecule has 0 heteroatoms. The van der Waals surface area contributed by atoms with Gasteiger partial charge in [-0.15, -0.1) is 0 Å². The second-order valence-corrected chi connectivity index (χ2v) is 5.77. The molecule has 0 amide bonds. The van der Waals surface area contributed by atoms with Crippen molar-refractivity contribution in [3.05, 3.63) is 35.4 Å². The Labute approximate surface area is 101 Å². The lowest BCUT2D eigenvalue weighted by Gasteiger charge is -2.26.